The summed E-state index contributed by atoms with van der Waals surface area (Å²) in [6.45, 7) is 3.02. The van der Waals surface area contributed by atoms with E-state index in [2.05, 4.69) is 5.32 Å². The molecule has 1 heterocycles. The highest BCUT2D eigenvalue weighted by Gasteiger charge is 2.21. The second-order valence-corrected chi connectivity index (χ2v) is 3.80. The topological polar surface area (TPSA) is 50.9 Å². The van der Waals surface area contributed by atoms with Crippen LogP contribution in [0, 0.1) is 0 Å². The summed E-state index contributed by atoms with van der Waals surface area (Å²) in [5.41, 5.74) is 0.783. The van der Waals surface area contributed by atoms with Gasteiger partial charge in [0.25, 0.3) is 0 Å². The Labute approximate surface area is 94.6 Å². The van der Waals surface area contributed by atoms with E-state index in [-0.39, 0.29) is 5.91 Å². The highest BCUT2D eigenvalue weighted by Crippen LogP contribution is 2.18. The van der Waals surface area contributed by atoms with Crippen LogP contribution in [0.3, 0.4) is 0 Å². The number of nitrogens with one attached hydrogen (secondary N) is 1. The van der Waals surface area contributed by atoms with Gasteiger partial charge in [-0.25, -0.2) is 0 Å². The maximum Gasteiger partial charge on any atom is 0.221 e. The highest BCUT2D eigenvalue weighted by atomic mass is 16.6. The van der Waals surface area contributed by atoms with Crippen LogP contribution >= 0.6 is 0 Å². The molecule has 1 amide bonds. The van der Waals surface area contributed by atoms with Crippen LogP contribution in [-0.4, -0.2) is 25.2 Å². The Morgan fingerprint density at radius 2 is 2.19 bits per heavy atom. The maximum absolute atomic E-state index is 10.8. The van der Waals surface area contributed by atoms with E-state index in [1.807, 2.05) is 24.3 Å². The Morgan fingerprint density at radius 3 is 2.75 bits per heavy atom. The number of hydrogen-bond acceptors (Lipinski definition) is 3. The van der Waals surface area contributed by atoms with Gasteiger partial charge in [0.15, 0.2) is 0 Å². The summed E-state index contributed by atoms with van der Waals surface area (Å²) < 4.78 is 10.6. The van der Waals surface area contributed by atoms with Crippen molar-refractivity contribution in [2.24, 2.45) is 0 Å². The molecule has 0 unspecified atom stereocenters. The lowest BCUT2D eigenvalue weighted by Crippen LogP contribution is -2.05. The van der Waals surface area contributed by atoms with Crippen LogP contribution in [0.1, 0.15) is 13.3 Å². The number of epoxide rings is 1. The van der Waals surface area contributed by atoms with Gasteiger partial charge < -0.3 is 14.8 Å². The zero-order chi connectivity index (χ0) is 11.4. The van der Waals surface area contributed by atoms with Crippen molar-refractivity contribution in [2.75, 3.05) is 18.5 Å². The molecule has 1 saturated heterocycles. The largest absolute Gasteiger partial charge is 0.493 e. The number of rotatable bonds is 5. The van der Waals surface area contributed by atoms with Gasteiger partial charge in [-0.15, -0.1) is 0 Å². The monoisotopic (exact) mass is 221 g/mol. The number of benzene rings is 1. The first-order valence-corrected chi connectivity index (χ1v) is 5.36. The zero-order valence-corrected chi connectivity index (χ0v) is 9.23. The predicted molar refractivity (Wildman–Crippen MR) is 60.6 cm³/mol. The van der Waals surface area contributed by atoms with E-state index in [1.54, 1.807) is 0 Å². The molecule has 16 heavy (non-hydrogen) atoms. The molecular formula is C12H15NO3. The molecule has 2 rings (SSSR count). The van der Waals surface area contributed by atoms with Gasteiger partial charge >= 0.3 is 0 Å². The normalized spacial score (nSPS) is 17.9. The number of carbonyl (C=O) groups excluding carboxylic acids is 1. The first-order chi connectivity index (χ1) is 7.74. The van der Waals surface area contributed by atoms with Crippen molar-refractivity contribution >= 4 is 11.6 Å². The summed E-state index contributed by atoms with van der Waals surface area (Å²) in [5, 5.41) is 2.70. The molecule has 1 fully saturated rings. The molecule has 1 N–H and O–H groups in total. The SMILES string of the molecule is CC(=O)Nc1ccc(OCC[C@@H]2CO2)cc1. The van der Waals surface area contributed by atoms with Crippen molar-refractivity contribution in [3.63, 3.8) is 0 Å². The molecule has 86 valence electrons. The molecule has 1 aliphatic rings. The molecule has 0 aromatic heterocycles. The average Bonchev–Trinajstić information content (AvgIpc) is 3.04. The average molecular weight is 221 g/mol. The molecule has 0 spiro atoms. The van der Waals surface area contributed by atoms with E-state index >= 15 is 0 Å². The molecule has 1 aliphatic heterocycles. The highest BCUT2D eigenvalue weighted by molar-refractivity contribution is 5.88. The quantitative estimate of drug-likeness (QED) is 0.771. The molecule has 4 nitrogen and oxygen atoms in total. The number of hydrogen-bond donors (Lipinski definition) is 1. The first kappa shape index (κ1) is 11.0. The number of amides is 1. The van der Waals surface area contributed by atoms with Gasteiger partial charge in [-0.1, -0.05) is 0 Å². The molecule has 0 saturated carbocycles. The summed E-state index contributed by atoms with van der Waals surface area (Å²) in [4.78, 5) is 10.8. The Bertz CT molecular complexity index is 357. The summed E-state index contributed by atoms with van der Waals surface area (Å²) in [5.74, 6) is 0.745. The van der Waals surface area contributed by atoms with Crippen molar-refractivity contribution in [3.05, 3.63) is 24.3 Å². The lowest BCUT2D eigenvalue weighted by molar-refractivity contribution is -0.114. The Kier molecular flexibility index (Phi) is 3.41. The van der Waals surface area contributed by atoms with Gasteiger partial charge in [-0.2, -0.15) is 0 Å². The third kappa shape index (κ3) is 3.55. The van der Waals surface area contributed by atoms with E-state index in [0.717, 1.165) is 24.5 Å². The minimum atomic E-state index is -0.0699. The zero-order valence-electron chi connectivity index (χ0n) is 9.23. The number of carbonyl (C=O) groups is 1. The van der Waals surface area contributed by atoms with Crippen LogP contribution in [-0.2, 0) is 9.53 Å². The van der Waals surface area contributed by atoms with Gasteiger partial charge in [0.2, 0.25) is 5.91 Å². The van der Waals surface area contributed by atoms with Crippen LogP contribution in [0.4, 0.5) is 5.69 Å². The second kappa shape index (κ2) is 4.99. The van der Waals surface area contributed by atoms with Crippen molar-refractivity contribution in [1.29, 1.82) is 0 Å². The van der Waals surface area contributed by atoms with Crippen molar-refractivity contribution in [3.8, 4) is 5.75 Å². The van der Waals surface area contributed by atoms with Crippen molar-refractivity contribution in [1.82, 2.24) is 0 Å². The second-order valence-electron chi connectivity index (χ2n) is 3.80. The number of anilines is 1. The molecule has 1 aromatic rings. The fourth-order valence-corrected chi connectivity index (χ4v) is 1.38. The minimum absolute atomic E-state index is 0.0699. The molecule has 1 atom stereocenters. The van der Waals surface area contributed by atoms with Gasteiger partial charge in [0.05, 0.1) is 19.3 Å². The van der Waals surface area contributed by atoms with Crippen LogP contribution in [0.5, 0.6) is 5.75 Å². The first-order valence-electron chi connectivity index (χ1n) is 5.36. The van der Waals surface area contributed by atoms with E-state index in [4.69, 9.17) is 9.47 Å². The maximum atomic E-state index is 10.8. The van der Waals surface area contributed by atoms with E-state index in [0.29, 0.717) is 12.7 Å². The molecule has 0 bridgehead atoms. The summed E-state index contributed by atoms with van der Waals surface area (Å²) in [6.07, 6.45) is 1.34. The fourth-order valence-electron chi connectivity index (χ4n) is 1.38. The molecule has 0 radical (unpaired) electrons. The Hall–Kier alpha value is -1.55. The van der Waals surface area contributed by atoms with Crippen molar-refractivity contribution < 1.29 is 14.3 Å². The number of ether oxygens (including phenoxy) is 2. The fraction of sp³-hybridized carbons (Fsp3) is 0.417. The molecule has 4 heteroatoms. The summed E-state index contributed by atoms with van der Waals surface area (Å²) in [7, 11) is 0. The standard InChI is InChI=1S/C12H15NO3/c1-9(14)13-10-2-4-11(5-3-10)15-7-6-12-8-16-12/h2-5,12H,6-8H2,1H3,(H,13,14)/t12-/m1/s1. The molecular weight excluding hydrogens is 206 g/mol. The third-order valence-electron chi connectivity index (χ3n) is 2.29. The van der Waals surface area contributed by atoms with Crippen LogP contribution in [0.15, 0.2) is 24.3 Å². The minimum Gasteiger partial charge on any atom is -0.493 e. The van der Waals surface area contributed by atoms with E-state index in [1.165, 1.54) is 6.92 Å². The third-order valence-corrected chi connectivity index (χ3v) is 2.29. The summed E-state index contributed by atoms with van der Waals surface area (Å²) in [6, 6.07) is 7.34. The van der Waals surface area contributed by atoms with Gasteiger partial charge in [-0.3, -0.25) is 4.79 Å². The van der Waals surface area contributed by atoms with Gasteiger partial charge in [0, 0.05) is 19.0 Å². The predicted octanol–water partition coefficient (Wildman–Crippen LogP) is 1.81. The summed E-state index contributed by atoms with van der Waals surface area (Å²) >= 11 is 0. The molecule has 1 aromatic carbocycles. The lowest BCUT2D eigenvalue weighted by Gasteiger charge is -2.06. The van der Waals surface area contributed by atoms with Crippen LogP contribution < -0.4 is 10.1 Å². The Morgan fingerprint density at radius 1 is 1.50 bits per heavy atom. The van der Waals surface area contributed by atoms with Crippen LogP contribution in [0.2, 0.25) is 0 Å². The lowest BCUT2D eigenvalue weighted by atomic mass is 10.3. The molecule has 0 aliphatic carbocycles. The van der Waals surface area contributed by atoms with E-state index in [9.17, 15) is 4.79 Å². The smallest absolute Gasteiger partial charge is 0.221 e. The van der Waals surface area contributed by atoms with Crippen LogP contribution in [0.25, 0.3) is 0 Å². The van der Waals surface area contributed by atoms with Crippen molar-refractivity contribution in [2.45, 2.75) is 19.4 Å². The Balaban J connectivity index is 1.78. The van der Waals surface area contributed by atoms with Gasteiger partial charge in [0.1, 0.15) is 5.75 Å². The van der Waals surface area contributed by atoms with Gasteiger partial charge in [-0.05, 0) is 24.3 Å². The van der Waals surface area contributed by atoms with E-state index < -0.39 is 0 Å².